The number of nitrogens with one attached hydrogen (secondary N) is 2. The lowest BCUT2D eigenvalue weighted by atomic mass is 10.1. The number of nitrogens with zero attached hydrogens (tertiary/aromatic N) is 1. The quantitative estimate of drug-likeness (QED) is 0.584. The second kappa shape index (κ2) is 7.65. The highest BCUT2D eigenvalue weighted by Crippen LogP contribution is 2.24. The number of hydrogen-bond donors (Lipinski definition) is 2. The molecule has 0 bridgehead atoms. The maximum absolute atomic E-state index is 13.4. The molecule has 0 saturated carbocycles. The van der Waals surface area contributed by atoms with E-state index in [0.717, 1.165) is 6.07 Å². The van der Waals surface area contributed by atoms with Crippen LogP contribution in [0.15, 0.2) is 65.7 Å². The number of aromatic nitrogens is 1. The summed E-state index contributed by atoms with van der Waals surface area (Å²) in [5.41, 5.74) is 0.538. The Morgan fingerprint density at radius 2 is 1.80 bits per heavy atom. The van der Waals surface area contributed by atoms with Gasteiger partial charge in [0.15, 0.2) is 0 Å². The Morgan fingerprint density at radius 3 is 2.60 bits per heavy atom. The summed E-state index contributed by atoms with van der Waals surface area (Å²) < 4.78 is 46.7. The standard InChI is InChI=1S/C20H14FN3O5S/c21-13-4-1-5-14(9-13)29-20-12(3-2-8-22-20)11-23-30(27,28)15-6-7-16-17(10-15)19(26)24-18(16)25/h1-10,23H,11H2,(H,24,25,26). The van der Waals surface area contributed by atoms with Gasteiger partial charge < -0.3 is 4.74 Å². The SMILES string of the molecule is O=C1NC(=O)c2cc(S(=O)(=O)NCc3cccnc3Oc3cccc(F)c3)ccc21. The van der Waals surface area contributed by atoms with Gasteiger partial charge in [0, 0.05) is 24.4 Å². The molecule has 152 valence electrons. The zero-order valence-corrected chi connectivity index (χ0v) is 16.1. The number of benzene rings is 2. The van der Waals surface area contributed by atoms with Crippen LogP contribution in [-0.2, 0) is 16.6 Å². The molecule has 1 aromatic heterocycles. The lowest BCUT2D eigenvalue weighted by Crippen LogP contribution is -2.24. The molecule has 0 fully saturated rings. The minimum absolute atomic E-state index is 0.000575. The van der Waals surface area contributed by atoms with Crippen LogP contribution in [0.5, 0.6) is 11.6 Å². The van der Waals surface area contributed by atoms with Crippen molar-refractivity contribution < 1.29 is 27.1 Å². The molecular weight excluding hydrogens is 413 g/mol. The van der Waals surface area contributed by atoms with Gasteiger partial charge in [-0.25, -0.2) is 22.5 Å². The third kappa shape index (κ3) is 3.91. The van der Waals surface area contributed by atoms with Gasteiger partial charge in [0.25, 0.3) is 11.8 Å². The van der Waals surface area contributed by atoms with Crippen LogP contribution < -0.4 is 14.8 Å². The van der Waals surface area contributed by atoms with E-state index in [-0.39, 0.29) is 34.2 Å². The Morgan fingerprint density at radius 1 is 1.00 bits per heavy atom. The largest absolute Gasteiger partial charge is 0.439 e. The summed E-state index contributed by atoms with van der Waals surface area (Å²) in [5.74, 6) is -1.37. The van der Waals surface area contributed by atoms with E-state index < -0.39 is 27.7 Å². The van der Waals surface area contributed by atoms with Gasteiger partial charge in [-0.1, -0.05) is 12.1 Å². The molecule has 30 heavy (non-hydrogen) atoms. The summed E-state index contributed by atoms with van der Waals surface area (Å²) in [5, 5.41) is 2.11. The lowest BCUT2D eigenvalue weighted by molar-refractivity contribution is 0.0879. The van der Waals surface area contributed by atoms with Crippen LogP contribution in [0, 0.1) is 5.82 Å². The van der Waals surface area contributed by atoms with Crippen molar-refractivity contribution in [3.05, 3.63) is 83.3 Å². The van der Waals surface area contributed by atoms with Crippen molar-refractivity contribution in [2.24, 2.45) is 0 Å². The summed E-state index contributed by atoms with van der Waals surface area (Å²) in [7, 11) is -4.00. The van der Waals surface area contributed by atoms with E-state index in [1.807, 2.05) is 0 Å². The predicted molar refractivity (Wildman–Crippen MR) is 103 cm³/mol. The smallest absolute Gasteiger partial charge is 0.258 e. The molecule has 0 radical (unpaired) electrons. The van der Waals surface area contributed by atoms with Crippen molar-refractivity contribution in [2.75, 3.05) is 0 Å². The number of ether oxygens (including phenoxy) is 1. The van der Waals surface area contributed by atoms with Gasteiger partial charge in [-0.05, 0) is 36.4 Å². The van der Waals surface area contributed by atoms with E-state index in [9.17, 15) is 22.4 Å². The maximum Gasteiger partial charge on any atom is 0.258 e. The van der Waals surface area contributed by atoms with Gasteiger partial charge in [-0.3, -0.25) is 14.9 Å². The molecule has 2 aromatic carbocycles. The molecule has 0 atom stereocenters. The number of halogens is 1. The van der Waals surface area contributed by atoms with Gasteiger partial charge in [0.2, 0.25) is 15.9 Å². The number of carbonyl (C=O) groups is 2. The highest BCUT2D eigenvalue weighted by Gasteiger charge is 2.28. The highest BCUT2D eigenvalue weighted by molar-refractivity contribution is 7.89. The molecule has 0 saturated heterocycles. The zero-order valence-electron chi connectivity index (χ0n) is 15.3. The number of sulfonamides is 1. The second-order valence-electron chi connectivity index (χ2n) is 6.34. The first kappa shape index (κ1) is 19.7. The molecule has 0 aliphatic carbocycles. The summed E-state index contributed by atoms with van der Waals surface area (Å²) in [4.78, 5) is 27.3. The van der Waals surface area contributed by atoms with Crippen molar-refractivity contribution in [2.45, 2.75) is 11.4 Å². The molecule has 2 N–H and O–H groups in total. The van der Waals surface area contributed by atoms with Crippen LogP contribution in [0.4, 0.5) is 4.39 Å². The Balaban J connectivity index is 1.54. The van der Waals surface area contributed by atoms with Crippen LogP contribution >= 0.6 is 0 Å². The van der Waals surface area contributed by atoms with E-state index in [0.29, 0.717) is 5.56 Å². The highest BCUT2D eigenvalue weighted by atomic mass is 32.2. The number of fused-ring (bicyclic) bond motifs is 1. The molecule has 4 rings (SSSR count). The van der Waals surface area contributed by atoms with Crippen molar-refractivity contribution in [1.82, 2.24) is 15.0 Å². The Kier molecular flexibility index (Phi) is 5.02. The number of hydrogen-bond acceptors (Lipinski definition) is 6. The zero-order chi connectivity index (χ0) is 21.3. The average Bonchev–Trinajstić information content (AvgIpc) is 3.01. The van der Waals surface area contributed by atoms with Crippen LogP contribution in [0.1, 0.15) is 26.3 Å². The van der Waals surface area contributed by atoms with Crippen LogP contribution in [0.25, 0.3) is 0 Å². The van der Waals surface area contributed by atoms with E-state index in [2.05, 4.69) is 15.0 Å². The minimum Gasteiger partial charge on any atom is -0.439 e. The number of pyridine rings is 1. The van der Waals surface area contributed by atoms with Crippen molar-refractivity contribution >= 4 is 21.8 Å². The predicted octanol–water partition coefficient (Wildman–Crippen LogP) is 2.38. The van der Waals surface area contributed by atoms with Gasteiger partial charge in [0.05, 0.1) is 16.0 Å². The normalized spacial score (nSPS) is 13.1. The van der Waals surface area contributed by atoms with Gasteiger partial charge in [-0.15, -0.1) is 0 Å². The topological polar surface area (TPSA) is 114 Å². The van der Waals surface area contributed by atoms with Crippen molar-refractivity contribution in [3.63, 3.8) is 0 Å². The molecule has 1 aliphatic heterocycles. The summed E-state index contributed by atoms with van der Waals surface area (Å²) in [6, 6.07) is 12.4. The third-order valence-electron chi connectivity index (χ3n) is 4.33. The van der Waals surface area contributed by atoms with E-state index in [4.69, 9.17) is 4.74 Å². The molecule has 0 unspecified atom stereocenters. The molecular formula is C20H14FN3O5S. The third-order valence-corrected chi connectivity index (χ3v) is 5.73. The average molecular weight is 427 g/mol. The van der Waals surface area contributed by atoms with E-state index in [1.165, 1.54) is 36.5 Å². The van der Waals surface area contributed by atoms with E-state index >= 15 is 0 Å². The second-order valence-corrected chi connectivity index (χ2v) is 8.11. The molecule has 2 heterocycles. The minimum atomic E-state index is -4.00. The Bertz CT molecular complexity index is 1280. The first-order valence-electron chi connectivity index (χ1n) is 8.70. The molecule has 8 nitrogen and oxygen atoms in total. The number of imide groups is 1. The number of rotatable bonds is 6. The maximum atomic E-state index is 13.4. The molecule has 1 aliphatic rings. The van der Waals surface area contributed by atoms with Gasteiger partial charge in [-0.2, -0.15) is 0 Å². The first-order chi connectivity index (χ1) is 14.3. The summed E-state index contributed by atoms with van der Waals surface area (Å²) >= 11 is 0. The molecule has 0 spiro atoms. The van der Waals surface area contributed by atoms with Gasteiger partial charge >= 0.3 is 0 Å². The first-order valence-corrected chi connectivity index (χ1v) is 10.2. The fraction of sp³-hybridized carbons (Fsp3) is 0.0500. The van der Waals surface area contributed by atoms with Crippen LogP contribution in [0.2, 0.25) is 0 Å². The fourth-order valence-corrected chi connectivity index (χ4v) is 3.90. The van der Waals surface area contributed by atoms with Crippen molar-refractivity contribution in [1.29, 1.82) is 0 Å². The number of carbonyl (C=O) groups excluding carboxylic acids is 2. The fourth-order valence-electron chi connectivity index (χ4n) is 2.86. The van der Waals surface area contributed by atoms with Crippen molar-refractivity contribution in [3.8, 4) is 11.6 Å². The monoisotopic (exact) mass is 427 g/mol. The Labute approximate surface area is 170 Å². The molecule has 3 aromatic rings. The Hall–Kier alpha value is -3.63. The van der Waals surface area contributed by atoms with Gasteiger partial charge in [0.1, 0.15) is 11.6 Å². The molecule has 10 heteroatoms. The van der Waals surface area contributed by atoms with Crippen LogP contribution in [0.3, 0.4) is 0 Å². The van der Waals surface area contributed by atoms with E-state index in [1.54, 1.807) is 18.2 Å². The summed E-state index contributed by atoms with van der Waals surface area (Å²) in [6.45, 7) is -0.164. The lowest BCUT2D eigenvalue weighted by Gasteiger charge is -2.11. The molecule has 2 amide bonds. The summed E-state index contributed by atoms with van der Waals surface area (Å²) in [6.07, 6.45) is 1.46. The van der Waals surface area contributed by atoms with Crippen LogP contribution in [-0.4, -0.2) is 25.2 Å². The number of amides is 2.